The molecule has 0 fully saturated rings. The number of carbonyl (C=O) groups excluding carboxylic acids is 1. The molecule has 0 radical (unpaired) electrons. The first-order valence-corrected chi connectivity index (χ1v) is 12.3. The van der Waals surface area contributed by atoms with Gasteiger partial charge in [-0.3, -0.25) is 4.79 Å². The van der Waals surface area contributed by atoms with Crippen LogP contribution in [0.1, 0.15) is 21.6 Å². The van der Waals surface area contributed by atoms with Crippen molar-refractivity contribution < 1.29 is 27.4 Å². The molecule has 0 unspecified atom stereocenters. The number of benzene rings is 3. The number of alkyl halides is 3. The van der Waals surface area contributed by atoms with Gasteiger partial charge in [-0.05, 0) is 71.8 Å². The fourth-order valence-electron chi connectivity index (χ4n) is 3.41. The van der Waals surface area contributed by atoms with Gasteiger partial charge in [0.25, 0.3) is 5.91 Å². The van der Waals surface area contributed by atoms with E-state index in [0.29, 0.717) is 22.1 Å². The first kappa shape index (κ1) is 27.4. The van der Waals surface area contributed by atoms with E-state index in [4.69, 9.17) is 15.0 Å². The lowest BCUT2D eigenvalue weighted by molar-refractivity contribution is -0.137. The summed E-state index contributed by atoms with van der Waals surface area (Å²) in [6, 6.07) is 19.6. The van der Waals surface area contributed by atoms with Crippen molar-refractivity contribution in [3.63, 3.8) is 0 Å². The topological polar surface area (TPSA) is 109 Å². The largest absolute Gasteiger partial charge is 0.497 e. The molecule has 0 saturated heterocycles. The van der Waals surface area contributed by atoms with E-state index in [9.17, 15) is 18.0 Å². The second-order valence-corrected chi connectivity index (χ2v) is 8.93. The average molecular weight is 552 g/mol. The Kier molecular flexibility index (Phi) is 8.60. The van der Waals surface area contributed by atoms with Crippen LogP contribution in [0, 0.1) is 0 Å². The zero-order valence-electron chi connectivity index (χ0n) is 20.3. The predicted molar refractivity (Wildman–Crippen MR) is 142 cm³/mol. The number of hydrogen-bond acceptors (Lipinski definition) is 6. The van der Waals surface area contributed by atoms with Crippen LogP contribution in [0.5, 0.6) is 17.2 Å². The molecule has 4 aromatic rings. The molecule has 1 aromatic heterocycles. The molecule has 198 valence electrons. The SMILES string of the molecule is COc1ccc(CSc2c(N=[N+]=[N-])ccnc2C(=O)Nc2ccc(Oc3cccc(C(F)(F)F)c3)cc2)cc1. The summed E-state index contributed by atoms with van der Waals surface area (Å²) in [6.45, 7) is 0. The van der Waals surface area contributed by atoms with Crippen molar-refractivity contribution in [3.8, 4) is 17.2 Å². The zero-order chi connectivity index (χ0) is 27.8. The summed E-state index contributed by atoms with van der Waals surface area (Å²) in [5.74, 6) is 0.969. The molecule has 0 bridgehead atoms. The van der Waals surface area contributed by atoms with Crippen molar-refractivity contribution in [2.75, 3.05) is 12.4 Å². The van der Waals surface area contributed by atoms with Gasteiger partial charge in [0.15, 0.2) is 0 Å². The smallest absolute Gasteiger partial charge is 0.416 e. The minimum Gasteiger partial charge on any atom is -0.497 e. The molecular formula is C27H20F3N5O3S. The van der Waals surface area contributed by atoms with Crippen molar-refractivity contribution >= 4 is 29.0 Å². The summed E-state index contributed by atoms with van der Waals surface area (Å²) in [5.41, 5.74) is 9.86. The van der Waals surface area contributed by atoms with Gasteiger partial charge in [-0.1, -0.05) is 23.3 Å². The van der Waals surface area contributed by atoms with Gasteiger partial charge >= 0.3 is 6.18 Å². The molecule has 3 aromatic carbocycles. The van der Waals surface area contributed by atoms with Gasteiger partial charge < -0.3 is 14.8 Å². The fourth-order valence-corrected chi connectivity index (χ4v) is 4.46. The van der Waals surface area contributed by atoms with Crippen molar-refractivity contribution in [1.82, 2.24) is 4.98 Å². The molecule has 4 rings (SSSR count). The number of nitrogens with zero attached hydrogens (tertiary/aromatic N) is 4. The van der Waals surface area contributed by atoms with Crippen LogP contribution >= 0.6 is 11.8 Å². The summed E-state index contributed by atoms with van der Waals surface area (Å²) in [4.78, 5) is 20.6. The van der Waals surface area contributed by atoms with Gasteiger partial charge in [-0.25, -0.2) is 4.98 Å². The summed E-state index contributed by atoms with van der Waals surface area (Å²) in [7, 11) is 1.58. The van der Waals surface area contributed by atoms with Crippen LogP contribution in [0.25, 0.3) is 10.4 Å². The summed E-state index contributed by atoms with van der Waals surface area (Å²) >= 11 is 1.30. The zero-order valence-corrected chi connectivity index (χ0v) is 21.2. The highest BCUT2D eigenvalue weighted by Gasteiger charge is 2.30. The van der Waals surface area contributed by atoms with E-state index >= 15 is 0 Å². The van der Waals surface area contributed by atoms with Crippen molar-refractivity contribution in [2.45, 2.75) is 16.8 Å². The fraction of sp³-hybridized carbons (Fsp3) is 0.111. The maximum atomic E-state index is 13.1. The Labute approximate surface area is 225 Å². The summed E-state index contributed by atoms with van der Waals surface area (Å²) in [6.07, 6.45) is -3.11. The molecule has 0 spiro atoms. The van der Waals surface area contributed by atoms with Gasteiger partial charge in [0.2, 0.25) is 0 Å². The van der Waals surface area contributed by atoms with Crippen molar-refractivity contribution in [3.05, 3.63) is 112 Å². The Hall–Kier alpha value is -4.67. The number of amides is 1. The molecule has 1 heterocycles. The van der Waals surface area contributed by atoms with Gasteiger partial charge in [0, 0.05) is 27.4 Å². The molecule has 8 nitrogen and oxygen atoms in total. The van der Waals surface area contributed by atoms with Gasteiger partial charge in [-0.15, -0.1) is 11.8 Å². The highest BCUT2D eigenvalue weighted by molar-refractivity contribution is 7.98. The molecular weight excluding hydrogens is 531 g/mol. The number of nitrogens with one attached hydrogen (secondary N) is 1. The van der Waals surface area contributed by atoms with E-state index in [1.165, 1.54) is 48.3 Å². The standard InChI is InChI=1S/C27H20F3N5O3S/c1-37-20-9-5-17(6-10-20)16-39-25-23(34-35-31)13-14-32-24(25)26(36)33-19-7-11-21(12-8-19)38-22-4-2-3-18(15-22)27(28,29)30/h2-15H,16H2,1H3,(H,33,36). The third kappa shape index (κ3) is 7.22. The third-order valence-electron chi connectivity index (χ3n) is 5.30. The van der Waals surface area contributed by atoms with E-state index in [1.54, 1.807) is 19.2 Å². The lowest BCUT2D eigenvalue weighted by Crippen LogP contribution is -2.15. The second-order valence-electron chi connectivity index (χ2n) is 7.94. The first-order chi connectivity index (χ1) is 18.8. The molecule has 12 heteroatoms. The summed E-state index contributed by atoms with van der Waals surface area (Å²) in [5, 5.41) is 6.43. The van der Waals surface area contributed by atoms with Gasteiger partial charge in [0.1, 0.15) is 22.9 Å². The number of rotatable bonds is 9. The third-order valence-corrected chi connectivity index (χ3v) is 6.47. The molecule has 1 N–H and O–H groups in total. The normalized spacial score (nSPS) is 10.9. The quantitative estimate of drug-likeness (QED) is 0.0972. The number of carbonyl (C=O) groups is 1. The minimum absolute atomic E-state index is 0.0270. The number of methoxy groups -OCH3 is 1. The molecule has 1 amide bonds. The van der Waals surface area contributed by atoms with E-state index in [-0.39, 0.29) is 22.9 Å². The highest BCUT2D eigenvalue weighted by Crippen LogP contribution is 2.36. The number of pyridine rings is 1. The van der Waals surface area contributed by atoms with Crippen molar-refractivity contribution in [1.29, 1.82) is 0 Å². The number of thioether (sulfide) groups is 1. The Morgan fingerprint density at radius 2 is 1.74 bits per heavy atom. The van der Waals surface area contributed by atoms with Crippen LogP contribution in [-0.4, -0.2) is 18.0 Å². The number of anilines is 1. The first-order valence-electron chi connectivity index (χ1n) is 11.3. The molecule has 0 aliphatic carbocycles. The maximum absolute atomic E-state index is 13.1. The number of hydrogen-bond donors (Lipinski definition) is 1. The van der Waals surface area contributed by atoms with Crippen LogP contribution in [0.2, 0.25) is 0 Å². The van der Waals surface area contributed by atoms with E-state index in [0.717, 1.165) is 17.7 Å². The summed E-state index contributed by atoms with van der Waals surface area (Å²) < 4.78 is 49.5. The average Bonchev–Trinajstić information content (AvgIpc) is 2.93. The number of halogens is 3. The molecule has 0 aliphatic heterocycles. The van der Waals surface area contributed by atoms with Crippen LogP contribution < -0.4 is 14.8 Å². The van der Waals surface area contributed by atoms with Crippen molar-refractivity contribution in [2.24, 2.45) is 5.11 Å². The van der Waals surface area contributed by atoms with E-state index in [2.05, 4.69) is 20.3 Å². The second kappa shape index (κ2) is 12.2. The van der Waals surface area contributed by atoms with Gasteiger partial charge in [-0.2, -0.15) is 13.2 Å². The number of aromatic nitrogens is 1. The maximum Gasteiger partial charge on any atom is 0.416 e. The minimum atomic E-state index is -4.48. The lowest BCUT2D eigenvalue weighted by Gasteiger charge is -2.12. The van der Waals surface area contributed by atoms with Crippen LogP contribution in [0.4, 0.5) is 24.5 Å². The van der Waals surface area contributed by atoms with Crippen LogP contribution in [0.3, 0.4) is 0 Å². The highest BCUT2D eigenvalue weighted by atomic mass is 32.2. The van der Waals surface area contributed by atoms with Gasteiger partial charge in [0.05, 0.1) is 18.4 Å². The Balaban J connectivity index is 1.48. The van der Waals surface area contributed by atoms with Crippen LogP contribution in [0.15, 0.2) is 95.1 Å². The molecule has 0 aliphatic rings. The Morgan fingerprint density at radius 1 is 1.03 bits per heavy atom. The molecule has 0 saturated carbocycles. The number of ether oxygens (including phenoxy) is 2. The monoisotopic (exact) mass is 551 g/mol. The Morgan fingerprint density at radius 3 is 2.41 bits per heavy atom. The number of azide groups is 1. The van der Waals surface area contributed by atoms with E-state index < -0.39 is 17.6 Å². The molecule has 0 atom stereocenters. The van der Waals surface area contributed by atoms with E-state index in [1.807, 2.05) is 24.3 Å². The molecule has 39 heavy (non-hydrogen) atoms. The predicted octanol–water partition coefficient (Wildman–Crippen LogP) is 8.39. The Bertz CT molecular complexity index is 1510. The van der Waals surface area contributed by atoms with Crippen LogP contribution in [-0.2, 0) is 11.9 Å². The lowest BCUT2D eigenvalue weighted by atomic mass is 10.2.